The van der Waals surface area contributed by atoms with Crippen molar-refractivity contribution in [2.45, 2.75) is 24.6 Å². The van der Waals surface area contributed by atoms with Crippen LogP contribution in [0.2, 0.25) is 5.02 Å². The highest BCUT2D eigenvalue weighted by atomic mass is 35.5. The summed E-state index contributed by atoms with van der Waals surface area (Å²) in [5.74, 6) is -2.79. The van der Waals surface area contributed by atoms with Crippen LogP contribution >= 0.6 is 11.6 Å². The van der Waals surface area contributed by atoms with Gasteiger partial charge in [-0.25, -0.2) is 4.79 Å². The van der Waals surface area contributed by atoms with Gasteiger partial charge in [0.05, 0.1) is 5.54 Å². The van der Waals surface area contributed by atoms with Crippen molar-refractivity contribution in [1.29, 1.82) is 0 Å². The molecule has 3 N–H and O–H groups in total. The molecule has 0 aliphatic carbocycles. The van der Waals surface area contributed by atoms with Crippen molar-refractivity contribution in [2.75, 3.05) is 13.6 Å². The van der Waals surface area contributed by atoms with Gasteiger partial charge in [0.1, 0.15) is 0 Å². The zero-order valence-electron chi connectivity index (χ0n) is 13.4. The second kappa shape index (κ2) is 8.35. The summed E-state index contributed by atoms with van der Waals surface area (Å²) >= 11 is 6.05. The third kappa shape index (κ3) is 5.20. The number of hydrogen-bond donors (Lipinski definition) is 3. The quantitative estimate of drug-likeness (QED) is 0.688. The first kappa shape index (κ1) is 21.0. The number of rotatable bonds is 5. The van der Waals surface area contributed by atoms with Crippen LogP contribution in [-0.4, -0.2) is 36.8 Å². The molecule has 138 valence electrons. The molecular formula is C16H18ClF3N2O3. The number of hydrogen-bond acceptors (Lipinski definition) is 3. The van der Waals surface area contributed by atoms with Gasteiger partial charge in [-0.1, -0.05) is 17.7 Å². The molecule has 5 nitrogen and oxygen atoms in total. The maximum Gasteiger partial charge on any atom is 0.490 e. The van der Waals surface area contributed by atoms with E-state index in [0.717, 1.165) is 24.1 Å². The van der Waals surface area contributed by atoms with Gasteiger partial charge in [-0.2, -0.15) is 13.2 Å². The molecule has 1 atom stereocenters. The highest BCUT2D eigenvalue weighted by Crippen LogP contribution is 2.38. The summed E-state index contributed by atoms with van der Waals surface area (Å²) in [5.41, 5.74) is 1.33. The van der Waals surface area contributed by atoms with E-state index in [1.165, 1.54) is 0 Å². The van der Waals surface area contributed by atoms with E-state index in [2.05, 4.69) is 17.2 Å². The van der Waals surface area contributed by atoms with Crippen molar-refractivity contribution in [2.24, 2.45) is 0 Å². The monoisotopic (exact) mass is 378 g/mol. The minimum atomic E-state index is -5.08. The van der Waals surface area contributed by atoms with Gasteiger partial charge >= 0.3 is 12.1 Å². The highest BCUT2D eigenvalue weighted by molar-refractivity contribution is 6.30. The van der Waals surface area contributed by atoms with Crippen LogP contribution in [0.25, 0.3) is 0 Å². The third-order valence-corrected chi connectivity index (χ3v) is 3.87. The number of carboxylic acids is 1. The first-order valence-corrected chi connectivity index (χ1v) is 7.63. The second-order valence-electron chi connectivity index (χ2n) is 5.38. The van der Waals surface area contributed by atoms with Gasteiger partial charge in [-0.15, -0.1) is 6.58 Å². The molecule has 0 saturated heterocycles. The summed E-state index contributed by atoms with van der Waals surface area (Å²) in [5, 5.41) is 14.0. The van der Waals surface area contributed by atoms with E-state index in [9.17, 15) is 18.0 Å². The summed E-state index contributed by atoms with van der Waals surface area (Å²) < 4.78 is 31.7. The Hall–Kier alpha value is -2.06. The number of aliphatic carboxylic acids is 1. The lowest BCUT2D eigenvalue weighted by Crippen LogP contribution is -2.41. The van der Waals surface area contributed by atoms with Crippen LogP contribution < -0.4 is 10.6 Å². The van der Waals surface area contributed by atoms with E-state index in [1.54, 1.807) is 12.1 Å². The molecule has 0 unspecified atom stereocenters. The molecule has 0 aromatic heterocycles. The fourth-order valence-electron chi connectivity index (χ4n) is 2.51. The van der Waals surface area contributed by atoms with Crippen molar-refractivity contribution in [3.63, 3.8) is 0 Å². The molecule has 1 aliphatic heterocycles. The fourth-order valence-corrected chi connectivity index (χ4v) is 2.68. The van der Waals surface area contributed by atoms with Gasteiger partial charge in [-0.3, -0.25) is 4.79 Å². The number of benzene rings is 1. The first-order valence-electron chi connectivity index (χ1n) is 7.25. The van der Waals surface area contributed by atoms with Gasteiger partial charge in [0.25, 0.3) is 5.91 Å². The first-order chi connectivity index (χ1) is 11.6. The Labute approximate surface area is 147 Å². The van der Waals surface area contributed by atoms with Crippen LogP contribution in [0.15, 0.2) is 30.9 Å². The Morgan fingerprint density at radius 3 is 2.56 bits per heavy atom. The third-order valence-electron chi connectivity index (χ3n) is 3.63. The normalized spacial score (nSPS) is 18.7. The summed E-state index contributed by atoms with van der Waals surface area (Å²) in [6, 6.07) is 5.42. The van der Waals surface area contributed by atoms with Crippen molar-refractivity contribution in [3.8, 4) is 0 Å². The summed E-state index contributed by atoms with van der Waals surface area (Å²) in [6.07, 6.45) is -1.73. The standard InChI is InChI=1S/C14H17ClN2O.C2HF3O2/c1-3-6-14(7-8-16-2)12-9-10(15)4-5-11(12)13(18)17-14;3-2(4,5)1(6)7/h3-5,9,16H,1,6-8H2,2H3,(H,17,18);(H,6,7)/t14-;/m0./s1. The predicted octanol–water partition coefficient (Wildman–Crippen LogP) is 3.10. The lowest BCUT2D eigenvalue weighted by Gasteiger charge is -2.29. The second-order valence-corrected chi connectivity index (χ2v) is 5.81. The summed E-state index contributed by atoms with van der Waals surface area (Å²) in [6.45, 7) is 4.61. The molecule has 0 bridgehead atoms. The van der Waals surface area contributed by atoms with E-state index in [4.69, 9.17) is 21.5 Å². The van der Waals surface area contributed by atoms with Crippen LogP contribution in [0.5, 0.6) is 0 Å². The van der Waals surface area contributed by atoms with Crippen LogP contribution in [0.4, 0.5) is 13.2 Å². The lowest BCUT2D eigenvalue weighted by molar-refractivity contribution is -0.192. The van der Waals surface area contributed by atoms with Gasteiger partial charge in [0.15, 0.2) is 0 Å². The van der Waals surface area contributed by atoms with Gasteiger partial charge in [-0.05, 0) is 50.2 Å². The topological polar surface area (TPSA) is 78.4 Å². The number of alkyl halides is 3. The van der Waals surface area contributed by atoms with Gasteiger partial charge in [0.2, 0.25) is 0 Å². The number of amides is 1. The number of carbonyl (C=O) groups is 2. The zero-order valence-corrected chi connectivity index (χ0v) is 14.2. The summed E-state index contributed by atoms with van der Waals surface area (Å²) in [4.78, 5) is 20.9. The fraction of sp³-hybridized carbons (Fsp3) is 0.375. The van der Waals surface area contributed by atoms with Crippen LogP contribution in [0, 0.1) is 0 Å². The average Bonchev–Trinajstić information content (AvgIpc) is 2.77. The van der Waals surface area contributed by atoms with E-state index in [-0.39, 0.29) is 11.4 Å². The number of carboxylic acid groups (broad SMARTS) is 1. The minimum absolute atomic E-state index is 0.0281. The molecule has 25 heavy (non-hydrogen) atoms. The number of carbonyl (C=O) groups excluding carboxylic acids is 1. The number of halogens is 4. The molecular weight excluding hydrogens is 361 g/mol. The van der Waals surface area contributed by atoms with E-state index in [0.29, 0.717) is 11.4 Å². The highest BCUT2D eigenvalue weighted by Gasteiger charge is 2.41. The molecule has 0 spiro atoms. The van der Waals surface area contributed by atoms with Crippen LogP contribution in [0.1, 0.15) is 28.8 Å². The molecule has 1 aromatic rings. The Morgan fingerprint density at radius 1 is 1.48 bits per heavy atom. The molecule has 1 aliphatic rings. The Balaban J connectivity index is 0.000000381. The molecule has 2 rings (SSSR count). The van der Waals surface area contributed by atoms with Gasteiger partial charge < -0.3 is 15.7 Å². The average molecular weight is 379 g/mol. The smallest absolute Gasteiger partial charge is 0.475 e. The Bertz CT molecular complexity index is 665. The molecule has 0 radical (unpaired) electrons. The number of fused-ring (bicyclic) bond motifs is 1. The molecule has 1 amide bonds. The molecule has 9 heteroatoms. The van der Waals surface area contributed by atoms with Crippen molar-refractivity contribution >= 4 is 23.5 Å². The predicted molar refractivity (Wildman–Crippen MR) is 87.6 cm³/mol. The van der Waals surface area contributed by atoms with Gasteiger partial charge in [0, 0.05) is 10.6 Å². The van der Waals surface area contributed by atoms with E-state index in [1.807, 2.05) is 19.2 Å². The lowest BCUT2D eigenvalue weighted by atomic mass is 9.84. The van der Waals surface area contributed by atoms with Crippen molar-refractivity contribution < 1.29 is 27.9 Å². The largest absolute Gasteiger partial charge is 0.490 e. The summed E-state index contributed by atoms with van der Waals surface area (Å²) in [7, 11) is 1.90. The molecule has 0 fully saturated rings. The Morgan fingerprint density at radius 2 is 2.08 bits per heavy atom. The maximum absolute atomic E-state index is 12.0. The molecule has 1 heterocycles. The zero-order chi connectivity index (χ0) is 19.3. The van der Waals surface area contributed by atoms with E-state index >= 15 is 0 Å². The van der Waals surface area contributed by atoms with Crippen molar-refractivity contribution in [1.82, 2.24) is 10.6 Å². The van der Waals surface area contributed by atoms with Crippen molar-refractivity contribution in [3.05, 3.63) is 47.0 Å². The molecule has 1 aromatic carbocycles. The van der Waals surface area contributed by atoms with E-state index < -0.39 is 12.1 Å². The number of nitrogens with one attached hydrogen (secondary N) is 2. The SMILES string of the molecule is C=CC[C@@]1(CCNC)NC(=O)c2ccc(Cl)cc21.O=C(O)C(F)(F)F. The maximum atomic E-state index is 12.0. The van der Waals surface area contributed by atoms with Crippen LogP contribution in [-0.2, 0) is 10.3 Å². The Kier molecular flexibility index (Phi) is 7.01. The minimum Gasteiger partial charge on any atom is -0.475 e. The molecule has 0 saturated carbocycles. The van der Waals surface area contributed by atoms with Crippen LogP contribution in [0.3, 0.4) is 0 Å².